The van der Waals surface area contributed by atoms with E-state index in [0.717, 1.165) is 34.8 Å². The number of aryl methyl sites for hydroxylation is 1. The highest BCUT2D eigenvalue weighted by atomic mass is 16.5. The van der Waals surface area contributed by atoms with E-state index in [9.17, 15) is 0 Å². The molecule has 1 aromatic carbocycles. The Morgan fingerprint density at radius 2 is 2.00 bits per heavy atom. The van der Waals surface area contributed by atoms with Crippen LogP contribution in [0.25, 0.3) is 0 Å². The maximum Gasteiger partial charge on any atom is 0.148 e. The first-order chi connectivity index (χ1) is 9.69. The maximum atomic E-state index is 5.47. The summed E-state index contributed by atoms with van der Waals surface area (Å²) in [5.74, 6) is 7.71. The van der Waals surface area contributed by atoms with Crippen molar-refractivity contribution < 1.29 is 4.74 Å². The Bertz CT molecular complexity index is 600. The molecule has 2 rings (SSSR count). The van der Waals surface area contributed by atoms with E-state index in [0.29, 0.717) is 5.82 Å². The molecule has 1 heterocycles. The number of benzene rings is 1. The number of aromatic nitrogens is 2. The zero-order chi connectivity index (χ0) is 14.5. The van der Waals surface area contributed by atoms with Gasteiger partial charge in [0.1, 0.15) is 23.7 Å². The standard InChI is InChI=1S/C14H19N5O/c1-4-11-13(16-8-17-14(11)19-15)18-10-5-6-12(20-3)9(2)7-10/h5-8H,4,15H2,1-3H3,(H2,16,17,18,19). The van der Waals surface area contributed by atoms with Crippen LogP contribution in [0, 0.1) is 6.92 Å². The fraction of sp³-hybridized carbons (Fsp3) is 0.286. The van der Waals surface area contributed by atoms with Crippen molar-refractivity contribution in [3.63, 3.8) is 0 Å². The van der Waals surface area contributed by atoms with Gasteiger partial charge in [-0.15, -0.1) is 0 Å². The number of ether oxygens (including phenoxy) is 1. The predicted molar refractivity (Wildman–Crippen MR) is 80.2 cm³/mol. The zero-order valence-electron chi connectivity index (χ0n) is 11.9. The fourth-order valence-corrected chi connectivity index (χ4v) is 2.07. The van der Waals surface area contributed by atoms with Crippen molar-refractivity contribution in [1.82, 2.24) is 9.97 Å². The number of nitrogens with two attached hydrogens (primary N) is 1. The molecule has 0 saturated carbocycles. The minimum absolute atomic E-state index is 0.634. The summed E-state index contributed by atoms with van der Waals surface area (Å²) in [5.41, 5.74) is 5.54. The van der Waals surface area contributed by atoms with E-state index in [2.05, 4.69) is 20.7 Å². The van der Waals surface area contributed by atoms with E-state index >= 15 is 0 Å². The van der Waals surface area contributed by atoms with Crippen LogP contribution in [0.15, 0.2) is 24.5 Å². The first kappa shape index (κ1) is 14.1. The van der Waals surface area contributed by atoms with Gasteiger partial charge in [-0.05, 0) is 37.1 Å². The third kappa shape index (κ3) is 2.80. The number of nitrogen functional groups attached to an aromatic ring is 1. The Balaban J connectivity index is 2.32. The van der Waals surface area contributed by atoms with Gasteiger partial charge in [0.05, 0.1) is 7.11 Å². The fourth-order valence-electron chi connectivity index (χ4n) is 2.07. The van der Waals surface area contributed by atoms with Crippen LogP contribution in [0.1, 0.15) is 18.1 Å². The highest BCUT2D eigenvalue weighted by Crippen LogP contribution is 2.26. The molecule has 0 unspecified atom stereocenters. The third-order valence-corrected chi connectivity index (χ3v) is 3.09. The highest BCUT2D eigenvalue weighted by molar-refractivity contribution is 5.65. The molecule has 2 aromatic rings. The average molecular weight is 273 g/mol. The lowest BCUT2D eigenvalue weighted by Gasteiger charge is -2.13. The Morgan fingerprint density at radius 3 is 2.60 bits per heavy atom. The number of nitrogens with one attached hydrogen (secondary N) is 2. The molecule has 0 saturated heterocycles. The van der Waals surface area contributed by atoms with Gasteiger partial charge in [-0.25, -0.2) is 15.8 Å². The van der Waals surface area contributed by atoms with Crippen molar-refractivity contribution in [2.45, 2.75) is 20.3 Å². The van der Waals surface area contributed by atoms with Crippen LogP contribution < -0.4 is 21.3 Å². The second-order valence-corrected chi connectivity index (χ2v) is 4.36. The van der Waals surface area contributed by atoms with Gasteiger partial charge in [0.15, 0.2) is 0 Å². The van der Waals surface area contributed by atoms with E-state index in [4.69, 9.17) is 10.6 Å². The van der Waals surface area contributed by atoms with Crippen molar-refractivity contribution in [3.8, 4) is 5.75 Å². The number of nitrogens with zero attached hydrogens (tertiary/aromatic N) is 2. The van der Waals surface area contributed by atoms with Crippen molar-refractivity contribution >= 4 is 17.3 Å². The van der Waals surface area contributed by atoms with Crippen LogP contribution in [0.5, 0.6) is 5.75 Å². The first-order valence-corrected chi connectivity index (χ1v) is 6.41. The quantitative estimate of drug-likeness (QED) is 0.573. The van der Waals surface area contributed by atoms with Gasteiger partial charge in [0.2, 0.25) is 0 Å². The summed E-state index contributed by atoms with van der Waals surface area (Å²) in [4.78, 5) is 8.38. The summed E-state index contributed by atoms with van der Waals surface area (Å²) in [7, 11) is 1.66. The van der Waals surface area contributed by atoms with Crippen molar-refractivity contribution in [2.75, 3.05) is 17.9 Å². The summed E-state index contributed by atoms with van der Waals surface area (Å²) in [5, 5.41) is 3.29. The molecule has 106 valence electrons. The second-order valence-electron chi connectivity index (χ2n) is 4.36. The van der Waals surface area contributed by atoms with Crippen molar-refractivity contribution in [1.29, 1.82) is 0 Å². The molecule has 6 heteroatoms. The largest absolute Gasteiger partial charge is 0.496 e. The number of rotatable bonds is 5. The molecule has 0 atom stereocenters. The number of hydrazine groups is 1. The minimum atomic E-state index is 0.634. The summed E-state index contributed by atoms with van der Waals surface area (Å²) in [6.45, 7) is 4.03. The Kier molecular flexibility index (Phi) is 4.37. The molecular weight excluding hydrogens is 254 g/mol. The van der Waals surface area contributed by atoms with E-state index in [-0.39, 0.29) is 0 Å². The van der Waals surface area contributed by atoms with Gasteiger partial charge in [-0.3, -0.25) is 0 Å². The topological polar surface area (TPSA) is 85.1 Å². The molecule has 1 aromatic heterocycles. The van der Waals surface area contributed by atoms with Crippen molar-refractivity contribution in [2.24, 2.45) is 5.84 Å². The normalized spacial score (nSPS) is 10.2. The van der Waals surface area contributed by atoms with Crippen LogP contribution in [-0.4, -0.2) is 17.1 Å². The monoisotopic (exact) mass is 273 g/mol. The van der Waals surface area contributed by atoms with Gasteiger partial charge in [0, 0.05) is 11.3 Å². The first-order valence-electron chi connectivity index (χ1n) is 6.41. The van der Waals surface area contributed by atoms with Gasteiger partial charge in [-0.2, -0.15) is 0 Å². The van der Waals surface area contributed by atoms with Gasteiger partial charge >= 0.3 is 0 Å². The van der Waals surface area contributed by atoms with E-state index in [1.807, 2.05) is 32.0 Å². The van der Waals surface area contributed by atoms with Crippen LogP contribution in [0.4, 0.5) is 17.3 Å². The molecule has 0 aliphatic rings. The van der Waals surface area contributed by atoms with Gasteiger partial charge in [-0.1, -0.05) is 6.92 Å². The van der Waals surface area contributed by atoms with Crippen LogP contribution >= 0.6 is 0 Å². The van der Waals surface area contributed by atoms with Gasteiger partial charge < -0.3 is 15.5 Å². The molecular formula is C14H19N5O. The molecule has 4 N–H and O–H groups in total. The lowest BCUT2D eigenvalue weighted by Crippen LogP contribution is -2.13. The third-order valence-electron chi connectivity index (χ3n) is 3.09. The Labute approximate surface area is 118 Å². The molecule has 0 fully saturated rings. The minimum Gasteiger partial charge on any atom is -0.496 e. The Hall–Kier alpha value is -2.34. The van der Waals surface area contributed by atoms with Crippen molar-refractivity contribution in [3.05, 3.63) is 35.7 Å². The number of hydrogen-bond acceptors (Lipinski definition) is 6. The average Bonchev–Trinajstić information content (AvgIpc) is 2.47. The van der Waals surface area contributed by atoms with Crippen LogP contribution in [-0.2, 0) is 6.42 Å². The maximum absolute atomic E-state index is 5.47. The van der Waals surface area contributed by atoms with Crippen LogP contribution in [0.2, 0.25) is 0 Å². The van der Waals surface area contributed by atoms with E-state index in [1.54, 1.807) is 7.11 Å². The summed E-state index contributed by atoms with van der Waals surface area (Å²) < 4.78 is 5.25. The van der Waals surface area contributed by atoms with Gasteiger partial charge in [0.25, 0.3) is 0 Å². The summed E-state index contributed by atoms with van der Waals surface area (Å²) >= 11 is 0. The molecule has 0 radical (unpaired) electrons. The molecule has 20 heavy (non-hydrogen) atoms. The summed E-state index contributed by atoms with van der Waals surface area (Å²) in [6.07, 6.45) is 2.25. The molecule has 0 aliphatic carbocycles. The zero-order valence-corrected chi connectivity index (χ0v) is 11.9. The molecule has 0 aliphatic heterocycles. The SMILES string of the molecule is CCc1c(NN)ncnc1Nc1ccc(OC)c(C)c1. The second kappa shape index (κ2) is 6.21. The number of hydrogen-bond donors (Lipinski definition) is 3. The lowest BCUT2D eigenvalue weighted by molar-refractivity contribution is 0.412. The highest BCUT2D eigenvalue weighted by Gasteiger charge is 2.09. The van der Waals surface area contributed by atoms with E-state index in [1.165, 1.54) is 6.33 Å². The summed E-state index contributed by atoms with van der Waals surface area (Å²) in [6, 6.07) is 5.88. The number of anilines is 3. The lowest BCUT2D eigenvalue weighted by atomic mass is 10.2. The molecule has 0 bridgehead atoms. The smallest absolute Gasteiger partial charge is 0.148 e. The van der Waals surface area contributed by atoms with E-state index < -0.39 is 0 Å². The molecule has 6 nitrogen and oxygen atoms in total. The van der Waals surface area contributed by atoms with Crippen LogP contribution in [0.3, 0.4) is 0 Å². The number of methoxy groups -OCH3 is 1. The Morgan fingerprint density at radius 1 is 1.25 bits per heavy atom. The molecule has 0 amide bonds. The predicted octanol–water partition coefficient (Wildman–Crippen LogP) is 2.39. The molecule has 0 spiro atoms.